The summed E-state index contributed by atoms with van der Waals surface area (Å²) in [7, 11) is 3.10. The molecule has 0 saturated heterocycles. The van der Waals surface area contributed by atoms with E-state index >= 15 is 0 Å². The highest BCUT2D eigenvalue weighted by Gasteiger charge is 2.11. The van der Waals surface area contributed by atoms with Crippen LogP contribution in [0.2, 0.25) is 0 Å². The Morgan fingerprint density at radius 3 is 2.50 bits per heavy atom. The minimum absolute atomic E-state index is 0.218. The maximum absolute atomic E-state index is 11.0. The van der Waals surface area contributed by atoms with Crippen molar-refractivity contribution >= 4 is 5.97 Å². The lowest BCUT2D eigenvalue weighted by Crippen LogP contribution is -2.35. The zero-order chi connectivity index (χ0) is 11.0. The summed E-state index contributed by atoms with van der Waals surface area (Å²) < 4.78 is 9.69. The lowest BCUT2D eigenvalue weighted by Gasteiger charge is -2.12. The normalized spacial score (nSPS) is 14.9. The molecule has 0 spiro atoms. The first kappa shape index (κ1) is 13.4. The van der Waals surface area contributed by atoms with E-state index in [4.69, 9.17) is 4.74 Å². The monoisotopic (exact) mass is 203 g/mol. The van der Waals surface area contributed by atoms with E-state index in [1.807, 2.05) is 6.92 Å². The van der Waals surface area contributed by atoms with Gasteiger partial charge >= 0.3 is 5.97 Å². The smallest absolute Gasteiger partial charge is 0.322 e. The largest absolute Gasteiger partial charge is 0.468 e. The van der Waals surface area contributed by atoms with E-state index in [1.165, 1.54) is 7.11 Å². The highest BCUT2D eigenvalue weighted by Crippen LogP contribution is 1.98. The summed E-state index contributed by atoms with van der Waals surface area (Å²) in [5.74, 6) is -0.218. The van der Waals surface area contributed by atoms with Gasteiger partial charge in [0.05, 0.1) is 13.2 Å². The first-order valence-corrected chi connectivity index (χ1v) is 4.95. The minimum Gasteiger partial charge on any atom is -0.468 e. The maximum atomic E-state index is 11.0. The van der Waals surface area contributed by atoms with Crippen LogP contribution in [0.1, 0.15) is 26.7 Å². The maximum Gasteiger partial charge on any atom is 0.322 e. The molecule has 1 N–H and O–H groups in total. The number of nitrogens with one attached hydrogen (secondary N) is 1. The van der Waals surface area contributed by atoms with Gasteiger partial charge in [-0.2, -0.15) is 0 Å². The molecule has 0 aromatic rings. The number of esters is 1. The van der Waals surface area contributed by atoms with Crippen molar-refractivity contribution in [3.63, 3.8) is 0 Å². The Kier molecular flexibility index (Phi) is 7.42. The van der Waals surface area contributed by atoms with Gasteiger partial charge in [0.1, 0.15) is 6.04 Å². The van der Waals surface area contributed by atoms with E-state index < -0.39 is 0 Å². The van der Waals surface area contributed by atoms with Crippen LogP contribution in [0.15, 0.2) is 0 Å². The van der Waals surface area contributed by atoms with Crippen LogP contribution in [0.3, 0.4) is 0 Å². The van der Waals surface area contributed by atoms with E-state index in [9.17, 15) is 4.79 Å². The van der Waals surface area contributed by atoms with Crippen LogP contribution in [0.25, 0.3) is 0 Å². The Bertz CT molecular complexity index is 161. The molecule has 0 aromatic heterocycles. The van der Waals surface area contributed by atoms with Crippen LogP contribution in [-0.2, 0) is 14.3 Å². The zero-order valence-electron chi connectivity index (χ0n) is 9.50. The van der Waals surface area contributed by atoms with Gasteiger partial charge < -0.3 is 14.8 Å². The second-order valence-corrected chi connectivity index (χ2v) is 3.39. The van der Waals surface area contributed by atoms with E-state index in [1.54, 1.807) is 14.0 Å². The van der Waals surface area contributed by atoms with Gasteiger partial charge in [0.2, 0.25) is 0 Å². The van der Waals surface area contributed by atoms with E-state index in [2.05, 4.69) is 10.1 Å². The molecule has 0 aliphatic rings. The summed E-state index contributed by atoms with van der Waals surface area (Å²) in [6, 6.07) is -0.224. The molecule has 0 aliphatic carbocycles. The van der Waals surface area contributed by atoms with Gasteiger partial charge in [0.25, 0.3) is 0 Å². The topological polar surface area (TPSA) is 47.6 Å². The third-order valence-electron chi connectivity index (χ3n) is 2.20. The number of carbonyl (C=O) groups is 1. The molecule has 4 nitrogen and oxygen atoms in total. The Labute approximate surface area is 86.0 Å². The average Bonchev–Trinajstić information content (AvgIpc) is 2.22. The fourth-order valence-corrected chi connectivity index (χ4v) is 1.09. The van der Waals surface area contributed by atoms with Crippen LogP contribution in [-0.4, -0.2) is 38.9 Å². The van der Waals surface area contributed by atoms with Crippen molar-refractivity contribution < 1.29 is 14.3 Å². The van der Waals surface area contributed by atoms with Crippen LogP contribution < -0.4 is 5.32 Å². The average molecular weight is 203 g/mol. The fraction of sp³-hybridized carbons (Fsp3) is 0.900. The van der Waals surface area contributed by atoms with Gasteiger partial charge in [-0.15, -0.1) is 0 Å². The number of carbonyl (C=O) groups excluding carboxylic acids is 1. The lowest BCUT2D eigenvalue weighted by atomic mass is 10.2. The number of ether oxygens (including phenoxy) is 2. The summed E-state index contributed by atoms with van der Waals surface area (Å²) in [5.41, 5.74) is 0. The molecule has 0 rings (SSSR count). The molecule has 0 amide bonds. The summed E-state index contributed by atoms with van der Waals surface area (Å²) >= 11 is 0. The minimum atomic E-state index is -0.224. The SMILES string of the molecule is COC(=O)C(C)NCCCC(C)OC. The quantitative estimate of drug-likeness (QED) is 0.494. The molecule has 2 unspecified atom stereocenters. The van der Waals surface area contributed by atoms with Crippen molar-refractivity contribution in [1.29, 1.82) is 0 Å². The number of hydrogen-bond acceptors (Lipinski definition) is 4. The molecule has 84 valence electrons. The third-order valence-corrected chi connectivity index (χ3v) is 2.20. The molecule has 0 heterocycles. The molecule has 0 bridgehead atoms. The predicted octanol–water partition coefficient (Wildman–Crippen LogP) is 0.953. The van der Waals surface area contributed by atoms with Gasteiger partial charge in [-0.25, -0.2) is 0 Å². The third kappa shape index (κ3) is 5.94. The van der Waals surface area contributed by atoms with Crippen molar-refractivity contribution in [2.24, 2.45) is 0 Å². The Balaban J connectivity index is 3.40. The summed E-state index contributed by atoms with van der Waals surface area (Å²) in [5, 5.41) is 3.08. The molecule has 0 aliphatic heterocycles. The molecule has 0 aromatic carbocycles. The fourth-order valence-electron chi connectivity index (χ4n) is 1.09. The van der Waals surface area contributed by atoms with Crippen LogP contribution in [0.4, 0.5) is 0 Å². The Morgan fingerprint density at radius 2 is 2.00 bits per heavy atom. The number of rotatable bonds is 7. The van der Waals surface area contributed by atoms with Crippen LogP contribution in [0, 0.1) is 0 Å². The molecule has 2 atom stereocenters. The van der Waals surface area contributed by atoms with Gasteiger partial charge in [-0.05, 0) is 33.2 Å². The molecule has 14 heavy (non-hydrogen) atoms. The zero-order valence-corrected chi connectivity index (χ0v) is 9.50. The number of methoxy groups -OCH3 is 2. The van der Waals surface area contributed by atoms with Gasteiger partial charge in [0.15, 0.2) is 0 Å². The summed E-state index contributed by atoms with van der Waals surface area (Å²) in [6.45, 7) is 4.64. The molecule has 4 heteroatoms. The van der Waals surface area contributed by atoms with E-state index in [0.29, 0.717) is 0 Å². The standard InChI is InChI=1S/C10H21NO3/c1-8(13-3)6-5-7-11-9(2)10(12)14-4/h8-9,11H,5-7H2,1-4H3. The van der Waals surface area contributed by atoms with Gasteiger partial charge in [-0.1, -0.05) is 0 Å². The number of hydrogen-bond donors (Lipinski definition) is 1. The Morgan fingerprint density at radius 1 is 1.36 bits per heavy atom. The molecule has 0 radical (unpaired) electrons. The van der Waals surface area contributed by atoms with Crippen molar-refractivity contribution in [1.82, 2.24) is 5.32 Å². The highest BCUT2D eigenvalue weighted by molar-refractivity contribution is 5.74. The van der Waals surface area contributed by atoms with Crippen molar-refractivity contribution in [2.45, 2.75) is 38.8 Å². The summed E-state index contributed by atoms with van der Waals surface area (Å²) in [6.07, 6.45) is 2.28. The van der Waals surface area contributed by atoms with Crippen LogP contribution >= 0.6 is 0 Å². The van der Waals surface area contributed by atoms with Crippen molar-refractivity contribution in [2.75, 3.05) is 20.8 Å². The second-order valence-electron chi connectivity index (χ2n) is 3.39. The molecule has 0 saturated carbocycles. The highest BCUT2D eigenvalue weighted by atomic mass is 16.5. The first-order valence-electron chi connectivity index (χ1n) is 4.95. The van der Waals surface area contributed by atoms with Gasteiger partial charge in [0, 0.05) is 7.11 Å². The first-order chi connectivity index (χ1) is 6.61. The van der Waals surface area contributed by atoms with E-state index in [-0.39, 0.29) is 18.1 Å². The molecule has 0 fully saturated rings. The predicted molar refractivity (Wildman–Crippen MR) is 55.2 cm³/mol. The van der Waals surface area contributed by atoms with Gasteiger partial charge in [-0.3, -0.25) is 4.79 Å². The van der Waals surface area contributed by atoms with E-state index in [0.717, 1.165) is 19.4 Å². The Hall–Kier alpha value is -0.610. The van der Waals surface area contributed by atoms with Crippen molar-refractivity contribution in [3.8, 4) is 0 Å². The van der Waals surface area contributed by atoms with Crippen LogP contribution in [0.5, 0.6) is 0 Å². The summed E-state index contributed by atoms with van der Waals surface area (Å²) in [4.78, 5) is 11.0. The van der Waals surface area contributed by atoms with Crippen molar-refractivity contribution in [3.05, 3.63) is 0 Å². The molecular formula is C10H21NO3. The second kappa shape index (κ2) is 7.76. The lowest BCUT2D eigenvalue weighted by molar-refractivity contribution is -0.142. The molecular weight excluding hydrogens is 182 g/mol.